The largest absolute Gasteiger partial charge is 0.357 e. The molecule has 0 N–H and O–H groups in total. The number of imidazole rings is 1. The average Bonchev–Trinajstić information content (AvgIpc) is 3.22. The number of para-hydroxylation sites is 1. The van der Waals surface area contributed by atoms with Gasteiger partial charge in [0, 0.05) is 49.2 Å². The zero-order valence-electron chi connectivity index (χ0n) is 15.8. The molecular formula is C23H23N5. The Morgan fingerprint density at radius 2 is 1.82 bits per heavy atom. The lowest BCUT2D eigenvalue weighted by Crippen LogP contribution is -2.34. The van der Waals surface area contributed by atoms with Crippen LogP contribution in [0.2, 0.25) is 0 Å². The molecule has 0 aliphatic carbocycles. The number of nitrogens with zero attached hydrogens (tertiary/aromatic N) is 5. The Labute approximate surface area is 164 Å². The molecule has 0 spiro atoms. The minimum Gasteiger partial charge on any atom is -0.357 e. The number of fused-ring (bicyclic) bond motifs is 1. The highest BCUT2D eigenvalue weighted by Gasteiger charge is 2.24. The molecule has 5 heteroatoms. The van der Waals surface area contributed by atoms with Crippen LogP contribution in [0.3, 0.4) is 0 Å². The topological polar surface area (TPSA) is 46.8 Å². The molecule has 0 saturated carbocycles. The fourth-order valence-electron chi connectivity index (χ4n) is 4.10. The third kappa shape index (κ3) is 3.36. The lowest BCUT2D eigenvalue weighted by Gasteiger charge is -2.32. The molecule has 5 rings (SSSR count). The standard InChI is InChI=1S/C23H23N5/c1-2-6-21-19(5-1)7-8-22(26-21)27-13-9-20(10-14-27)23-25-12-15-28(23)17-18-4-3-11-24-16-18/h1-8,11-12,15-16,20H,9-10,13-14,17H2. The molecule has 1 aliphatic heterocycles. The summed E-state index contributed by atoms with van der Waals surface area (Å²) in [4.78, 5) is 16.2. The van der Waals surface area contributed by atoms with Gasteiger partial charge in [0.2, 0.25) is 0 Å². The van der Waals surface area contributed by atoms with Gasteiger partial charge in [-0.2, -0.15) is 0 Å². The Balaban J connectivity index is 1.29. The maximum atomic E-state index is 4.86. The van der Waals surface area contributed by atoms with E-state index < -0.39 is 0 Å². The van der Waals surface area contributed by atoms with Crippen molar-refractivity contribution in [2.24, 2.45) is 0 Å². The normalized spacial score (nSPS) is 15.2. The number of pyridine rings is 2. The average molecular weight is 369 g/mol. The van der Waals surface area contributed by atoms with Gasteiger partial charge >= 0.3 is 0 Å². The van der Waals surface area contributed by atoms with Crippen molar-refractivity contribution >= 4 is 16.7 Å². The number of piperidine rings is 1. The molecule has 0 radical (unpaired) electrons. The van der Waals surface area contributed by atoms with E-state index in [-0.39, 0.29) is 0 Å². The SMILES string of the molecule is c1cncc(Cn2ccnc2C2CCN(c3ccc4ccccc4n3)CC2)c1. The summed E-state index contributed by atoms with van der Waals surface area (Å²) >= 11 is 0. The molecular weight excluding hydrogens is 346 g/mol. The monoisotopic (exact) mass is 369 g/mol. The van der Waals surface area contributed by atoms with Crippen LogP contribution in [0.15, 0.2) is 73.3 Å². The summed E-state index contributed by atoms with van der Waals surface area (Å²) in [6, 6.07) is 16.7. The Hall–Kier alpha value is -3.21. The highest BCUT2D eigenvalue weighted by Crippen LogP contribution is 2.30. The third-order valence-corrected chi connectivity index (χ3v) is 5.59. The van der Waals surface area contributed by atoms with Crippen molar-refractivity contribution in [2.45, 2.75) is 25.3 Å². The van der Waals surface area contributed by atoms with E-state index in [1.54, 1.807) is 0 Å². The van der Waals surface area contributed by atoms with E-state index in [4.69, 9.17) is 4.98 Å². The third-order valence-electron chi connectivity index (χ3n) is 5.59. The molecule has 0 amide bonds. The van der Waals surface area contributed by atoms with Crippen LogP contribution in [0, 0.1) is 0 Å². The number of aromatic nitrogens is 4. The number of hydrogen-bond acceptors (Lipinski definition) is 4. The van der Waals surface area contributed by atoms with E-state index in [1.165, 1.54) is 16.8 Å². The predicted octanol–water partition coefficient (Wildman–Crippen LogP) is 4.26. The van der Waals surface area contributed by atoms with E-state index >= 15 is 0 Å². The van der Waals surface area contributed by atoms with E-state index in [1.807, 2.05) is 30.7 Å². The lowest BCUT2D eigenvalue weighted by atomic mass is 9.95. The maximum absolute atomic E-state index is 4.86. The van der Waals surface area contributed by atoms with Gasteiger partial charge in [0.15, 0.2) is 0 Å². The molecule has 0 bridgehead atoms. The second-order valence-electron chi connectivity index (χ2n) is 7.40. The molecule has 1 saturated heterocycles. The van der Waals surface area contributed by atoms with Crippen molar-refractivity contribution in [1.82, 2.24) is 19.5 Å². The van der Waals surface area contributed by atoms with Crippen LogP contribution in [0.25, 0.3) is 10.9 Å². The van der Waals surface area contributed by atoms with Crippen molar-refractivity contribution in [3.63, 3.8) is 0 Å². The molecule has 0 atom stereocenters. The zero-order valence-corrected chi connectivity index (χ0v) is 15.8. The van der Waals surface area contributed by atoms with Crippen LogP contribution < -0.4 is 4.90 Å². The fourth-order valence-corrected chi connectivity index (χ4v) is 4.10. The van der Waals surface area contributed by atoms with Gasteiger partial charge in [-0.25, -0.2) is 9.97 Å². The van der Waals surface area contributed by atoms with Gasteiger partial charge in [0.25, 0.3) is 0 Å². The summed E-state index contributed by atoms with van der Waals surface area (Å²) in [5, 5.41) is 1.19. The first kappa shape index (κ1) is 16.9. The Bertz CT molecular complexity index is 1060. The minimum absolute atomic E-state index is 0.489. The van der Waals surface area contributed by atoms with Crippen LogP contribution in [0.1, 0.15) is 30.1 Å². The first-order valence-electron chi connectivity index (χ1n) is 9.87. The zero-order chi connectivity index (χ0) is 18.8. The Morgan fingerprint density at radius 3 is 2.68 bits per heavy atom. The van der Waals surface area contributed by atoms with Gasteiger partial charge in [-0.3, -0.25) is 4.98 Å². The van der Waals surface area contributed by atoms with Crippen LogP contribution in [0.4, 0.5) is 5.82 Å². The summed E-state index contributed by atoms with van der Waals surface area (Å²) in [6.45, 7) is 2.85. The van der Waals surface area contributed by atoms with Crippen molar-refractivity contribution in [1.29, 1.82) is 0 Å². The van der Waals surface area contributed by atoms with Gasteiger partial charge in [-0.15, -0.1) is 0 Å². The number of hydrogen-bond donors (Lipinski definition) is 0. The van der Waals surface area contributed by atoms with Crippen molar-refractivity contribution < 1.29 is 0 Å². The fraction of sp³-hybridized carbons (Fsp3) is 0.261. The summed E-state index contributed by atoms with van der Waals surface area (Å²) in [7, 11) is 0. The Morgan fingerprint density at radius 1 is 0.929 bits per heavy atom. The predicted molar refractivity (Wildman–Crippen MR) is 111 cm³/mol. The van der Waals surface area contributed by atoms with Crippen molar-refractivity contribution in [3.05, 3.63) is 84.7 Å². The quantitative estimate of drug-likeness (QED) is 0.539. The first-order valence-corrected chi connectivity index (χ1v) is 9.87. The molecule has 1 aromatic carbocycles. The molecule has 0 unspecified atom stereocenters. The summed E-state index contributed by atoms with van der Waals surface area (Å²) in [6.07, 6.45) is 9.94. The molecule has 28 heavy (non-hydrogen) atoms. The molecule has 140 valence electrons. The van der Waals surface area contributed by atoms with Crippen LogP contribution in [0.5, 0.6) is 0 Å². The van der Waals surface area contributed by atoms with Gasteiger partial charge in [-0.05, 0) is 42.7 Å². The Kier molecular flexibility index (Phi) is 4.49. The van der Waals surface area contributed by atoms with Crippen molar-refractivity contribution in [3.8, 4) is 0 Å². The molecule has 3 aromatic heterocycles. The minimum atomic E-state index is 0.489. The second-order valence-corrected chi connectivity index (χ2v) is 7.40. The van der Waals surface area contributed by atoms with Gasteiger partial charge < -0.3 is 9.47 Å². The number of benzene rings is 1. The maximum Gasteiger partial charge on any atom is 0.129 e. The molecule has 1 fully saturated rings. The molecule has 4 aromatic rings. The smallest absolute Gasteiger partial charge is 0.129 e. The number of anilines is 1. The molecule has 4 heterocycles. The summed E-state index contributed by atoms with van der Waals surface area (Å²) in [5.74, 6) is 2.76. The summed E-state index contributed by atoms with van der Waals surface area (Å²) in [5.41, 5.74) is 2.27. The summed E-state index contributed by atoms with van der Waals surface area (Å²) < 4.78 is 2.27. The van der Waals surface area contributed by atoms with Crippen LogP contribution in [-0.4, -0.2) is 32.6 Å². The van der Waals surface area contributed by atoms with Gasteiger partial charge in [-0.1, -0.05) is 24.3 Å². The second kappa shape index (κ2) is 7.43. The first-order chi connectivity index (χ1) is 13.9. The van der Waals surface area contributed by atoms with E-state index in [0.717, 1.165) is 43.8 Å². The van der Waals surface area contributed by atoms with E-state index in [9.17, 15) is 0 Å². The van der Waals surface area contributed by atoms with Gasteiger partial charge in [0.1, 0.15) is 11.6 Å². The van der Waals surface area contributed by atoms with Crippen LogP contribution >= 0.6 is 0 Å². The van der Waals surface area contributed by atoms with E-state index in [0.29, 0.717) is 5.92 Å². The van der Waals surface area contributed by atoms with Gasteiger partial charge in [0.05, 0.1) is 12.1 Å². The highest BCUT2D eigenvalue weighted by atomic mass is 15.2. The molecule has 1 aliphatic rings. The van der Waals surface area contributed by atoms with E-state index in [2.05, 4.69) is 62.0 Å². The molecule has 5 nitrogen and oxygen atoms in total. The highest BCUT2D eigenvalue weighted by molar-refractivity contribution is 5.80. The lowest BCUT2D eigenvalue weighted by molar-refractivity contribution is 0.468. The van der Waals surface area contributed by atoms with Crippen molar-refractivity contribution in [2.75, 3.05) is 18.0 Å². The van der Waals surface area contributed by atoms with Crippen LogP contribution in [-0.2, 0) is 6.54 Å². The number of rotatable bonds is 4.